The number of hydrogen-bond donors (Lipinski definition) is 2. The summed E-state index contributed by atoms with van der Waals surface area (Å²) in [6.07, 6.45) is 0.919. The molecule has 0 aromatic rings. The molecule has 1 heterocycles. The minimum Gasteiger partial charge on any atom is -0.469 e. The average Bonchev–Trinajstić information content (AvgIpc) is 3.48. The number of hydrogen-bond acceptors (Lipinski definition) is 16. The van der Waals surface area contributed by atoms with Crippen LogP contribution >= 0.6 is 0 Å². The van der Waals surface area contributed by atoms with Crippen LogP contribution in [0.15, 0.2) is 0 Å². The van der Waals surface area contributed by atoms with E-state index in [2.05, 4.69) is 5.32 Å². The molecule has 362 valence electrons. The van der Waals surface area contributed by atoms with Crippen LogP contribution in [0.3, 0.4) is 0 Å². The number of Topliss-reactive ketones (excluding diaryl/α,β-unsaturated/α-hetero) is 1. The number of unbranched alkanes of at least 4 members (excludes halogenated alkanes) is 2. The van der Waals surface area contributed by atoms with Crippen molar-refractivity contribution in [3.63, 3.8) is 0 Å². The van der Waals surface area contributed by atoms with E-state index in [0.717, 1.165) is 0 Å². The average molecular weight is 899 g/mol. The van der Waals surface area contributed by atoms with Crippen LogP contribution in [0.1, 0.15) is 141 Å². The Bertz CT molecular complexity index is 1500. The minimum atomic E-state index is -1.08. The first-order chi connectivity index (χ1) is 28.8. The molecule has 0 aromatic heterocycles. The van der Waals surface area contributed by atoms with Crippen molar-refractivity contribution >= 4 is 47.4 Å². The molecule has 1 fully saturated rings. The second-order valence-corrected chi connectivity index (χ2v) is 20.2. The number of aliphatic hydroxyl groups excluding tert-OH is 1. The molecule has 0 aliphatic carbocycles. The molecule has 18 nitrogen and oxygen atoms in total. The number of ether oxygens (including phenoxy) is 5. The van der Waals surface area contributed by atoms with E-state index in [0.29, 0.717) is 25.7 Å². The third-order valence-corrected chi connectivity index (χ3v) is 9.31. The fraction of sp³-hybridized carbons (Fsp3) is 0.822. The van der Waals surface area contributed by atoms with Gasteiger partial charge in [-0.05, 0) is 115 Å². The third-order valence-electron chi connectivity index (χ3n) is 9.31. The highest BCUT2D eigenvalue weighted by Crippen LogP contribution is 2.23. The van der Waals surface area contributed by atoms with Gasteiger partial charge < -0.3 is 39.0 Å². The molecule has 0 spiro atoms. The van der Waals surface area contributed by atoms with Crippen LogP contribution in [-0.2, 0) is 62.0 Å². The van der Waals surface area contributed by atoms with Crippen LogP contribution in [-0.4, -0.2) is 161 Å². The molecule has 1 aliphatic rings. The highest BCUT2D eigenvalue weighted by atomic mass is 16.6. The molecule has 0 unspecified atom stereocenters. The first-order valence-corrected chi connectivity index (χ1v) is 22.0. The third kappa shape index (κ3) is 25.1. The smallest absolute Gasteiger partial charge is 0.320 e. The summed E-state index contributed by atoms with van der Waals surface area (Å²) in [5.74, 6) is -5.12. The fourth-order valence-electron chi connectivity index (χ4n) is 7.01. The first kappa shape index (κ1) is 56.9. The molecular formula is C45H78N4O14. The van der Waals surface area contributed by atoms with Crippen molar-refractivity contribution in [2.45, 2.75) is 182 Å². The van der Waals surface area contributed by atoms with Gasteiger partial charge in [0.25, 0.3) is 0 Å². The number of esters is 5. The fourth-order valence-corrected chi connectivity index (χ4v) is 7.01. The zero-order valence-electron chi connectivity index (χ0n) is 40.5. The van der Waals surface area contributed by atoms with Gasteiger partial charge in [0.1, 0.15) is 28.4 Å². The number of likely N-dealkylation sites (tertiary alicyclic amines) is 1. The lowest BCUT2D eigenvalue weighted by molar-refractivity contribution is -0.163. The maximum absolute atomic E-state index is 14.5. The van der Waals surface area contributed by atoms with E-state index in [1.54, 1.807) is 88.0 Å². The highest BCUT2D eigenvalue weighted by molar-refractivity contribution is 5.89. The van der Waals surface area contributed by atoms with Gasteiger partial charge in [0.15, 0.2) is 5.78 Å². The Balaban J connectivity index is 3.36. The van der Waals surface area contributed by atoms with Crippen LogP contribution in [0, 0.1) is 5.92 Å². The Morgan fingerprint density at radius 2 is 1.11 bits per heavy atom. The molecule has 2 amide bonds. The lowest BCUT2D eigenvalue weighted by Crippen LogP contribution is -2.49. The van der Waals surface area contributed by atoms with Gasteiger partial charge in [-0.2, -0.15) is 0 Å². The van der Waals surface area contributed by atoms with Crippen LogP contribution in [0.5, 0.6) is 0 Å². The molecule has 1 aliphatic heterocycles. The Kier molecular flexibility index (Phi) is 22.9. The summed E-state index contributed by atoms with van der Waals surface area (Å²) in [6.45, 7) is 21.2. The molecule has 1 saturated heterocycles. The van der Waals surface area contributed by atoms with Gasteiger partial charge in [0.2, 0.25) is 11.8 Å². The molecular weight excluding hydrogens is 821 g/mol. The maximum atomic E-state index is 14.5. The molecule has 0 radical (unpaired) electrons. The first-order valence-electron chi connectivity index (χ1n) is 22.0. The van der Waals surface area contributed by atoms with Crippen LogP contribution in [0.25, 0.3) is 0 Å². The van der Waals surface area contributed by atoms with Crippen molar-refractivity contribution in [3.05, 3.63) is 0 Å². The number of aliphatic hydroxyl groups is 1. The van der Waals surface area contributed by atoms with Gasteiger partial charge in [-0.3, -0.25) is 48.2 Å². The van der Waals surface area contributed by atoms with Gasteiger partial charge in [-0.15, -0.1) is 0 Å². The highest BCUT2D eigenvalue weighted by Gasteiger charge is 2.38. The summed E-state index contributed by atoms with van der Waals surface area (Å²) < 4.78 is 27.3. The van der Waals surface area contributed by atoms with E-state index in [1.165, 1.54) is 23.8 Å². The summed E-state index contributed by atoms with van der Waals surface area (Å²) >= 11 is 0. The van der Waals surface area contributed by atoms with Crippen molar-refractivity contribution in [2.24, 2.45) is 5.92 Å². The van der Waals surface area contributed by atoms with Crippen LogP contribution in [0.4, 0.5) is 0 Å². The van der Waals surface area contributed by atoms with Crippen molar-refractivity contribution in [1.29, 1.82) is 0 Å². The van der Waals surface area contributed by atoms with Crippen molar-refractivity contribution in [1.82, 2.24) is 20.0 Å². The van der Waals surface area contributed by atoms with Crippen LogP contribution in [0.2, 0.25) is 0 Å². The second-order valence-electron chi connectivity index (χ2n) is 20.2. The van der Waals surface area contributed by atoms with Gasteiger partial charge in [-0.25, -0.2) is 0 Å². The van der Waals surface area contributed by atoms with Gasteiger partial charge in [0, 0.05) is 32.9 Å². The predicted molar refractivity (Wildman–Crippen MR) is 233 cm³/mol. The standard InChI is InChI=1S/C45H78N4O14/c1-30(50)49-25-32(51)24-34(49)40(57)46-21-17-15-19-31(41(58)59-14)23-35(52)33(48(28-38(55)62-44(8,9)10)29-39(56)63-45(11,12)13)20-16-18-22-47(26-36(53)60-42(2,3)4)27-37(54)61-43(5,6)7/h31-34,51H,15-29H2,1-14H3,(H,46,57)/t31-,32-,33+,34+/m1/s1. The van der Waals surface area contributed by atoms with Gasteiger partial charge in [-0.1, -0.05) is 12.8 Å². The van der Waals surface area contributed by atoms with Crippen molar-refractivity contribution in [3.8, 4) is 0 Å². The van der Waals surface area contributed by atoms with E-state index < -0.39 is 101 Å². The maximum Gasteiger partial charge on any atom is 0.320 e. The number of β-amino-alcohol motifs (C(OH)–C–C–N with tert-alkyl or cyclic N) is 1. The number of ketones is 1. The number of carbonyl (C=O) groups is 8. The summed E-state index contributed by atoms with van der Waals surface area (Å²) in [4.78, 5) is 109. The molecule has 18 heteroatoms. The van der Waals surface area contributed by atoms with Gasteiger partial charge >= 0.3 is 29.8 Å². The second kappa shape index (κ2) is 25.4. The predicted octanol–water partition coefficient (Wildman–Crippen LogP) is 3.51. The van der Waals surface area contributed by atoms with Gasteiger partial charge in [0.05, 0.1) is 51.4 Å². The number of carbonyl (C=O) groups excluding carboxylic acids is 8. The monoisotopic (exact) mass is 899 g/mol. The molecule has 4 atom stereocenters. The van der Waals surface area contributed by atoms with E-state index in [-0.39, 0.29) is 64.3 Å². The number of nitrogens with one attached hydrogen (secondary N) is 1. The molecule has 0 bridgehead atoms. The zero-order chi connectivity index (χ0) is 48.5. The Morgan fingerprint density at radius 1 is 0.667 bits per heavy atom. The number of amides is 2. The molecule has 0 saturated carbocycles. The Hall–Kier alpha value is -4.16. The van der Waals surface area contributed by atoms with Crippen molar-refractivity contribution < 1.29 is 67.1 Å². The van der Waals surface area contributed by atoms with Crippen LogP contribution < -0.4 is 5.32 Å². The normalized spacial score (nSPS) is 16.9. The summed E-state index contributed by atoms with van der Waals surface area (Å²) in [5, 5.41) is 12.8. The summed E-state index contributed by atoms with van der Waals surface area (Å²) in [7, 11) is 1.21. The molecule has 63 heavy (non-hydrogen) atoms. The largest absolute Gasteiger partial charge is 0.469 e. The molecule has 2 N–H and O–H groups in total. The number of methoxy groups -OCH3 is 1. The van der Waals surface area contributed by atoms with Crippen molar-refractivity contribution in [2.75, 3.05) is 52.9 Å². The summed E-state index contributed by atoms with van der Waals surface area (Å²) in [6, 6.07) is -1.86. The number of nitrogens with zero attached hydrogens (tertiary/aromatic N) is 3. The SMILES string of the molecule is COC(=O)[C@H](CCCCNC(=O)[C@@H]1C[C@@H](O)CN1C(C)=O)CC(=O)[C@H](CCCCN(CC(=O)OC(C)(C)C)CC(=O)OC(C)(C)C)N(CC(=O)OC(C)(C)C)CC(=O)OC(C)(C)C. The topological polar surface area (TPSA) is 225 Å². The summed E-state index contributed by atoms with van der Waals surface area (Å²) in [5.41, 5.74) is -3.27. The van der Waals surface area contributed by atoms with E-state index in [4.69, 9.17) is 23.7 Å². The van der Waals surface area contributed by atoms with E-state index in [9.17, 15) is 43.5 Å². The lowest BCUT2D eigenvalue weighted by Gasteiger charge is -2.32. The zero-order valence-corrected chi connectivity index (χ0v) is 40.5. The quantitative estimate of drug-likeness (QED) is 0.0803. The molecule has 0 aromatic carbocycles. The lowest BCUT2D eigenvalue weighted by atomic mass is 9.91. The van der Waals surface area contributed by atoms with E-state index in [1.807, 2.05) is 0 Å². The van der Waals surface area contributed by atoms with E-state index >= 15 is 0 Å². The number of rotatable bonds is 24. The molecule has 1 rings (SSSR count). The minimum absolute atomic E-state index is 0.0802. The Labute approximate surface area is 374 Å². The Morgan fingerprint density at radius 3 is 1.54 bits per heavy atom.